The third kappa shape index (κ3) is 44.1. The van der Waals surface area contributed by atoms with E-state index in [1.54, 1.807) is 0 Å². The smallest absolute Gasteiger partial charge is 0.154 e. The van der Waals surface area contributed by atoms with Crippen molar-refractivity contribution in [3.63, 3.8) is 0 Å². The van der Waals surface area contributed by atoms with E-state index in [-0.39, 0.29) is 12.8 Å². The number of hydrogen-bond donors (Lipinski definition) is 3. The highest BCUT2D eigenvalue weighted by molar-refractivity contribution is 6.16. The second kappa shape index (κ2) is 44.1. The number of halogens is 1. The van der Waals surface area contributed by atoms with E-state index in [4.69, 9.17) is 22.4 Å². The molecule has 0 bridgehead atoms. The van der Waals surface area contributed by atoms with Crippen molar-refractivity contribution in [3.05, 3.63) is 0 Å². The van der Waals surface area contributed by atoms with E-state index < -0.39 is 0 Å². The fourth-order valence-corrected chi connectivity index (χ4v) is 6.55. The van der Waals surface area contributed by atoms with Gasteiger partial charge < -0.3 is 21.5 Å². The maximum atomic E-state index is 7.75. The van der Waals surface area contributed by atoms with Crippen LogP contribution in [0.2, 0.25) is 0 Å². The molecule has 0 saturated heterocycles. The van der Waals surface area contributed by atoms with Crippen molar-refractivity contribution in [2.75, 3.05) is 39.3 Å². The summed E-state index contributed by atoms with van der Waals surface area (Å²) in [4.78, 5) is 0. The Balaban J connectivity index is -0.00000331. The number of quaternary nitrogens is 1. The van der Waals surface area contributed by atoms with Crippen molar-refractivity contribution in [2.45, 2.75) is 219 Å². The molecule has 6 N–H and O–H groups in total. The van der Waals surface area contributed by atoms with E-state index in [1.807, 2.05) is 0 Å². The molecule has 5 heteroatoms. The number of alkyl halides is 1. The van der Waals surface area contributed by atoms with Crippen LogP contribution in [0.4, 0.5) is 0 Å². The van der Waals surface area contributed by atoms with E-state index in [0.29, 0.717) is 6.54 Å². The van der Waals surface area contributed by atoms with Gasteiger partial charge in [0.05, 0.1) is 26.7 Å². The second-order valence-electron chi connectivity index (χ2n) is 14.3. The van der Waals surface area contributed by atoms with Crippen LogP contribution < -0.4 is 11.9 Å². The van der Waals surface area contributed by atoms with Gasteiger partial charge in [-0.3, -0.25) is 0 Å². The largest absolute Gasteiger partial charge is 0.395 e. The number of aliphatic hydroxyl groups excluding tert-OH is 1. The lowest BCUT2D eigenvalue weighted by Crippen LogP contribution is -2.44. The third-order valence-corrected chi connectivity index (χ3v) is 10.1. The lowest BCUT2D eigenvalue weighted by atomic mass is 10.0. The zero-order valence-electron chi connectivity index (χ0n) is 31.7. The van der Waals surface area contributed by atoms with E-state index in [2.05, 4.69) is 20.9 Å². The van der Waals surface area contributed by atoms with Crippen molar-refractivity contribution in [3.8, 4) is 0 Å². The van der Waals surface area contributed by atoms with Crippen molar-refractivity contribution < 1.29 is 9.59 Å². The van der Waals surface area contributed by atoms with Gasteiger partial charge in [0.2, 0.25) is 0 Å². The van der Waals surface area contributed by atoms with Crippen LogP contribution in [0, 0.1) is 0 Å². The van der Waals surface area contributed by atoms with Crippen LogP contribution in [-0.4, -0.2) is 48.9 Å². The second-order valence-corrected chi connectivity index (χ2v) is 14.5. The molecule has 0 aromatic carbocycles. The lowest BCUT2D eigenvalue weighted by Gasteiger charge is -2.32. The zero-order chi connectivity index (χ0) is 32.7. The van der Waals surface area contributed by atoms with Crippen LogP contribution in [0.25, 0.3) is 0 Å². The van der Waals surface area contributed by atoms with Crippen molar-refractivity contribution in [1.29, 1.82) is 0 Å². The van der Waals surface area contributed by atoms with E-state index in [0.717, 1.165) is 10.5 Å². The van der Waals surface area contributed by atoms with Crippen LogP contribution in [-0.2, 0) is 0 Å². The zero-order valence-corrected chi connectivity index (χ0v) is 32.5. The van der Waals surface area contributed by atoms with E-state index in [9.17, 15) is 0 Å². The number of aliphatic hydroxyl groups is 1. The van der Waals surface area contributed by atoms with E-state index >= 15 is 0 Å². The maximum absolute atomic E-state index is 7.75. The molecule has 4 nitrogen and oxygen atoms in total. The average Bonchev–Trinajstić information content (AvgIpc) is 3.04. The maximum Gasteiger partial charge on any atom is 0.154 e. The molecule has 0 saturated carbocycles. The van der Waals surface area contributed by atoms with Gasteiger partial charge in [-0.05, 0) is 25.7 Å². The summed E-state index contributed by atoms with van der Waals surface area (Å²) in [6.07, 6.45) is 46.3. The summed E-state index contributed by atoms with van der Waals surface area (Å²) >= 11 is 6.42. The predicted octanol–water partition coefficient (Wildman–Crippen LogP) is 13.3. The molecule has 0 aliphatic rings. The Kier molecular flexibility index (Phi) is 48.6. The van der Waals surface area contributed by atoms with Gasteiger partial charge in [0, 0.05) is 6.54 Å². The molecule has 0 spiro atoms. The van der Waals surface area contributed by atoms with Crippen LogP contribution >= 0.6 is 11.6 Å². The van der Waals surface area contributed by atoms with Gasteiger partial charge in [-0.1, -0.05) is 205 Å². The first-order valence-electron chi connectivity index (χ1n) is 20.3. The van der Waals surface area contributed by atoms with Gasteiger partial charge in [-0.2, -0.15) is 0 Å². The Bertz CT molecular complexity index is 456. The Labute approximate surface area is 291 Å². The van der Waals surface area contributed by atoms with Gasteiger partial charge in [-0.25, -0.2) is 0 Å². The van der Waals surface area contributed by atoms with Crippen LogP contribution in [0.1, 0.15) is 219 Å². The highest BCUT2D eigenvalue weighted by atomic mass is 35.5. The van der Waals surface area contributed by atoms with Gasteiger partial charge in [0.15, 0.2) is 6.00 Å². The van der Waals surface area contributed by atoms with Crippen LogP contribution in [0.5, 0.6) is 0 Å². The molecule has 0 fully saturated rings. The van der Waals surface area contributed by atoms with Gasteiger partial charge in [0.25, 0.3) is 0 Å². The summed E-state index contributed by atoms with van der Waals surface area (Å²) in [5.41, 5.74) is 4.78. The monoisotopic (exact) mass is 663 g/mol. The summed E-state index contributed by atoms with van der Waals surface area (Å²) in [5.74, 6) is 0. The van der Waals surface area contributed by atoms with Crippen molar-refractivity contribution in [2.24, 2.45) is 5.73 Å². The van der Waals surface area contributed by atoms with Crippen LogP contribution in [0.15, 0.2) is 0 Å². The number of hydrogen-bond acceptors (Lipinski definition) is 3. The molecule has 0 atom stereocenters. The molecule has 0 amide bonds. The van der Waals surface area contributed by atoms with Crippen LogP contribution in [0.3, 0.4) is 0 Å². The fourth-order valence-electron chi connectivity index (χ4n) is 6.31. The van der Waals surface area contributed by atoms with Gasteiger partial charge >= 0.3 is 0 Å². The topological polar surface area (TPSA) is 81.2 Å². The van der Waals surface area contributed by atoms with Gasteiger partial charge in [-0.15, -0.1) is 0 Å². The average molecular weight is 664 g/mol. The Morgan fingerprint density at radius 2 is 0.600 bits per heavy atom. The predicted molar refractivity (Wildman–Crippen MR) is 207 cm³/mol. The summed E-state index contributed by atoms with van der Waals surface area (Å²) in [6.45, 7) is 7.64. The minimum Gasteiger partial charge on any atom is -0.395 e. The first kappa shape index (κ1) is 49.5. The molecular weight excluding hydrogens is 574 g/mol. The quantitative estimate of drug-likeness (QED) is 0.0270. The molecule has 0 heterocycles. The molecule has 0 rings (SSSR count). The SMILES string of the molecule is CCCCCCCCCCCCCCCCCC[N+](C)(CCl)CCCCCCCCCCCCCCCCCC.N.NCCO. The van der Waals surface area contributed by atoms with Crippen molar-refractivity contribution in [1.82, 2.24) is 6.15 Å². The highest BCUT2D eigenvalue weighted by Crippen LogP contribution is 2.17. The Morgan fingerprint density at radius 1 is 0.422 bits per heavy atom. The molecule has 0 radical (unpaired) electrons. The number of rotatable bonds is 36. The minimum absolute atomic E-state index is 0. The molecule has 45 heavy (non-hydrogen) atoms. The molecule has 0 unspecified atom stereocenters. The highest BCUT2D eigenvalue weighted by Gasteiger charge is 2.18. The normalized spacial score (nSPS) is 11.3. The molecule has 0 aliphatic carbocycles. The van der Waals surface area contributed by atoms with E-state index in [1.165, 1.54) is 219 Å². The fraction of sp³-hybridized carbons (Fsp3) is 1.00. The third-order valence-electron chi connectivity index (χ3n) is 9.52. The summed E-state index contributed by atoms with van der Waals surface area (Å²) in [6, 6.07) is 0.789. The number of unbranched alkanes of at least 4 members (excludes halogenated alkanes) is 30. The molecule has 0 aliphatic heterocycles. The number of nitrogens with zero attached hydrogens (tertiary/aromatic N) is 1. The first-order valence-corrected chi connectivity index (χ1v) is 20.8. The molecule has 0 aromatic rings. The first-order chi connectivity index (χ1) is 21.6. The summed E-state index contributed by atoms with van der Waals surface area (Å²) in [7, 11) is 2.39. The van der Waals surface area contributed by atoms with Crippen molar-refractivity contribution >= 4 is 11.6 Å². The minimum atomic E-state index is 0. The lowest BCUT2D eigenvalue weighted by molar-refractivity contribution is -0.899. The van der Waals surface area contributed by atoms with Gasteiger partial charge in [0.1, 0.15) is 0 Å². The number of nitrogens with two attached hydrogens (primary N) is 1. The molecule has 0 aromatic heterocycles. The Hall–Kier alpha value is 0.130. The molecular formula is C40H89ClN3O+. The standard InChI is InChI=1S/C38H79ClN.C2H7NO.H3N/c1-4-6-8-10-12-14-16-18-20-22-24-26-28-30-32-34-36-40(3,38-39)37-35-33-31-29-27-25-23-21-19-17-15-13-11-9-7-5-2;3-1-2-4;/h4-38H2,1-3H3;4H,1-3H2;1H3/q+1;;. The molecule has 276 valence electrons. The summed E-state index contributed by atoms with van der Waals surface area (Å²) in [5, 5.41) is 7.75. The Morgan fingerprint density at radius 3 is 0.756 bits per heavy atom. The summed E-state index contributed by atoms with van der Waals surface area (Å²) < 4.78 is 1.08.